The van der Waals surface area contributed by atoms with Crippen LogP contribution in [0.4, 0.5) is 0 Å². The molecule has 0 bridgehead atoms. The van der Waals surface area contributed by atoms with Crippen LogP contribution in [0.2, 0.25) is 0 Å². The molecule has 0 atom stereocenters. The van der Waals surface area contributed by atoms with Gasteiger partial charge in [-0.15, -0.1) is 11.3 Å². The van der Waals surface area contributed by atoms with Gasteiger partial charge in [-0.25, -0.2) is 9.78 Å². The summed E-state index contributed by atoms with van der Waals surface area (Å²) in [4.78, 5) is 15.8. The number of benzene rings is 1. The van der Waals surface area contributed by atoms with E-state index in [2.05, 4.69) is 4.98 Å². The van der Waals surface area contributed by atoms with Crippen LogP contribution in [-0.4, -0.2) is 16.1 Å². The van der Waals surface area contributed by atoms with Gasteiger partial charge in [0.1, 0.15) is 5.01 Å². The fourth-order valence-corrected chi connectivity index (χ4v) is 2.52. The van der Waals surface area contributed by atoms with Gasteiger partial charge in [-0.1, -0.05) is 24.3 Å². The van der Waals surface area contributed by atoms with Gasteiger partial charge in [-0.05, 0) is 19.4 Å². The molecule has 1 aromatic heterocycles. The molecule has 1 heterocycles. The van der Waals surface area contributed by atoms with Gasteiger partial charge in [-0.2, -0.15) is 0 Å². The maximum Gasteiger partial charge on any atom is 0.355 e. The SMILES string of the molecule is Cc1ccccc1-c1nc(C(=O)O)c(C)s1. The molecule has 3 nitrogen and oxygen atoms in total. The van der Waals surface area contributed by atoms with E-state index in [4.69, 9.17) is 5.11 Å². The molecule has 0 unspecified atom stereocenters. The van der Waals surface area contributed by atoms with Crippen molar-refractivity contribution >= 4 is 17.3 Å². The monoisotopic (exact) mass is 233 g/mol. The summed E-state index contributed by atoms with van der Waals surface area (Å²) in [6.45, 7) is 3.77. The minimum atomic E-state index is -0.964. The average Bonchev–Trinajstić information content (AvgIpc) is 2.61. The standard InChI is InChI=1S/C12H11NO2S/c1-7-5-3-4-6-9(7)11-13-10(12(14)15)8(2)16-11/h3-6H,1-2H3,(H,14,15). The zero-order chi connectivity index (χ0) is 11.7. The number of nitrogens with zero attached hydrogens (tertiary/aromatic N) is 1. The Morgan fingerprint density at radius 1 is 1.31 bits per heavy atom. The highest BCUT2D eigenvalue weighted by Crippen LogP contribution is 2.29. The van der Waals surface area contributed by atoms with Crippen molar-refractivity contribution in [3.05, 3.63) is 40.4 Å². The van der Waals surface area contributed by atoms with Gasteiger partial charge in [0.15, 0.2) is 5.69 Å². The highest BCUT2D eigenvalue weighted by atomic mass is 32.1. The lowest BCUT2D eigenvalue weighted by molar-refractivity contribution is 0.0690. The first kappa shape index (κ1) is 10.8. The van der Waals surface area contributed by atoms with Crippen molar-refractivity contribution in [1.82, 2.24) is 4.98 Å². The number of thiazole rings is 1. The third-order valence-corrected chi connectivity index (χ3v) is 3.38. The van der Waals surface area contributed by atoms with Crippen molar-refractivity contribution < 1.29 is 9.90 Å². The van der Waals surface area contributed by atoms with Gasteiger partial charge in [-0.3, -0.25) is 0 Å². The number of aromatic carboxylic acids is 1. The van der Waals surface area contributed by atoms with Gasteiger partial charge in [0.25, 0.3) is 0 Å². The number of aromatic nitrogens is 1. The summed E-state index contributed by atoms with van der Waals surface area (Å²) in [6.07, 6.45) is 0. The van der Waals surface area contributed by atoms with Crippen molar-refractivity contribution in [2.24, 2.45) is 0 Å². The highest BCUT2D eigenvalue weighted by molar-refractivity contribution is 7.15. The molecular formula is C12H11NO2S. The van der Waals surface area contributed by atoms with Crippen molar-refractivity contribution in [2.75, 3.05) is 0 Å². The average molecular weight is 233 g/mol. The third kappa shape index (κ3) is 1.84. The van der Waals surface area contributed by atoms with E-state index in [0.717, 1.165) is 21.0 Å². The number of hydrogen-bond acceptors (Lipinski definition) is 3. The predicted molar refractivity (Wildman–Crippen MR) is 64.0 cm³/mol. The Kier molecular flexibility index (Phi) is 2.75. The normalized spacial score (nSPS) is 10.4. The first-order valence-electron chi connectivity index (χ1n) is 4.86. The topological polar surface area (TPSA) is 50.2 Å². The summed E-state index contributed by atoms with van der Waals surface area (Å²) >= 11 is 1.42. The minimum Gasteiger partial charge on any atom is -0.476 e. The first-order valence-corrected chi connectivity index (χ1v) is 5.68. The minimum absolute atomic E-state index is 0.156. The second-order valence-corrected chi connectivity index (χ2v) is 4.75. The third-order valence-electron chi connectivity index (χ3n) is 2.37. The van der Waals surface area contributed by atoms with Crippen molar-refractivity contribution in [1.29, 1.82) is 0 Å². The lowest BCUT2D eigenvalue weighted by atomic mass is 10.1. The number of carbonyl (C=O) groups is 1. The number of carboxylic acids is 1. The van der Waals surface area contributed by atoms with Crippen molar-refractivity contribution in [3.8, 4) is 10.6 Å². The van der Waals surface area contributed by atoms with Gasteiger partial charge >= 0.3 is 5.97 Å². The Bertz CT molecular complexity index is 546. The molecule has 4 heteroatoms. The Labute approximate surface area is 97.4 Å². The van der Waals surface area contributed by atoms with Crippen LogP contribution in [0.15, 0.2) is 24.3 Å². The largest absolute Gasteiger partial charge is 0.476 e. The number of aryl methyl sites for hydroxylation is 2. The molecule has 0 saturated heterocycles. The maximum atomic E-state index is 10.9. The molecule has 1 aromatic carbocycles. The smallest absolute Gasteiger partial charge is 0.355 e. The summed E-state index contributed by atoms with van der Waals surface area (Å²) in [5, 5.41) is 9.71. The van der Waals surface area contributed by atoms with E-state index in [0.29, 0.717) is 0 Å². The van der Waals surface area contributed by atoms with Gasteiger partial charge in [0.05, 0.1) is 0 Å². The number of rotatable bonds is 2. The van der Waals surface area contributed by atoms with E-state index in [-0.39, 0.29) is 5.69 Å². The van der Waals surface area contributed by atoms with Crippen molar-refractivity contribution in [2.45, 2.75) is 13.8 Å². The lowest BCUT2D eigenvalue weighted by Gasteiger charge is -1.99. The molecule has 0 amide bonds. The van der Waals surface area contributed by atoms with E-state index in [9.17, 15) is 4.79 Å². The van der Waals surface area contributed by atoms with Crippen LogP contribution in [0.25, 0.3) is 10.6 Å². The molecule has 2 aromatic rings. The molecule has 16 heavy (non-hydrogen) atoms. The second kappa shape index (κ2) is 4.06. The molecule has 0 aliphatic heterocycles. The van der Waals surface area contributed by atoms with E-state index in [1.54, 1.807) is 6.92 Å². The summed E-state index contributed by atoms with van der Waals surface area (Å²) in [5.74, 6) is -0.964. The number of carboxylic acid groups (broad SMARTS) is 1. The lowest BCUT2D eigenvalue weighted by Crippen LogP contribution is -1.98. The second-order valence-electron chi connectivity index (χ2n) is 3.54. The molecule has 0 saturated carbocycles. The Morgan fingerprint density at radius 3 is 2.56 bits per heavy atom. The van der Waals surface area contributed by atoms with Crippen LogP contribution in [-0.2, 0) is 0 Å². The zero-order valence-electron chi connectivity index (χ0n) is 9.02. The van der Waals surface area contributed by atoms with Crippen LogP contribution in [0.5, 0.6) is 0 Å². The summed E-state index contributed by atoms with van der Waals surface area (Å²) in [6, 6.07) is 7.84. The van der Waals surface area contributed by atoms with E-state index >= 15 is 0 Å². The van der Waals surface area contributed by atoms with Crippen LogP contribution in [0.3, 0.4) is 0 Å². The molecule has 2 rings (SSSR count). The zero-order valence-corrected chi connectivity index (χ0v) is 9.84. The molecule has 82 valence electrons. The Morgan fingerprint density at radius 2 is 2.00 bits per heavy atom. The molecule has 0 aliphatic rings. The van der Waals surface area contributed by atoms with E-state index < -0.39 is 5.97 Å². The quantitative estimate of drug-likeness (QED) is 0.867. The van der Waals surface area contributed by atoms with Gasteiger partial charge < -0.3 is 5.11 Å². The molecule has 0 radical (unpaired) electrons. The highest BCUT2D eigenvalue weighted by Gasteiger charge is 2.15. The first-order chi connectivity index (χ1) is 7.59. The molecule has 0 fully saturated rings. The molecule has 1 N–H and O–H groups in total. The van der Waals surface area contributed by atoms with Crippen LogP contribution in [0, 0.1) is 13.8 Å². The van der Waals surface area contributed by atoms with Crippen LogP contribution < -0.4 is 0 Å². The van der Waals surface area contributed by atoms with Gasteiger partial charge in [0.2, 0.25) is 0 Å². The van der Waals surface area contributed by atoms with Crippen molar-refractivity contribution in [3.63, 3.8) is 0 Å². The molecule has 0 aliphatic carbocycles. The van der Waals surface area contributed by atoms with Crippen LogP contribution in [0.1, 0.15) is 20.9 Å². The summed E-state index contributed by atoms with van der Waals surface area (Å²) in [5.41, 5.74) is 2.26. The van der Waals surface area contributed by atoms with Gasteiger partial charge in [0, 0.05) is 10.4 Å². The fourth-order valence-electron chi connectivity index (χ4n) is 1.52. The molecular weight excluding hydrogens is 222 g/mol. The Hall–Kier alpha value is -1.68. The van der Waals surface area contributed by atoms with E-state index in [1.807, 2.05) is 31.2 Å². The maximum absolute atomic E-state index is 10.9. The Balaban J connectivity index is 2.54. The van der Waals surface area contributed by atoms with E-state index in [1.165, 1.54) is 11.3 Å². The summed E-state index contributed by atoms with van der Waals surface area (Å²) in [7, 11) is 0. The van der Waals surface area contributed by atoms with Crippen LogP contribution >= 0.6 is 11.3 Å². The number of hydrogen-bond donors (Lipinski definition) is 1. The predicted octanol–water partition coefficient (Wildman–Crippen LogP) is 3.13. The summed E-state index contributed by atoms with van der Waals surface area (Å²) < 4.78 is 0. The molecule has 0 spiro atoms. The fraction of sp³-hybridized carbons (Fsp3) is 0.167.